The molecule has 78 valence electrons. The second kappa shape index (κ2) is 4.42. The van der Waals surface area contributed by atoms with Gasteiger partial charge in [-0.05, 0) is 18.1 Å². The van der Waals surface area contributed by atoms with Crippen LogP contribution in [0, 0.1) is 6.92 Å². The Bertz CT molecular complexity index is 426. The van der Waals surface area contributed by atoms with Gasteiger partial charge in [-0.3, -0.25) is 4.18 Å². The van der Waals surface area contributed by atoms with E-state index in [1.807, 2.05) is 25.1 Å². The Morgan fingerprint density at radius 1 is 1.43 bits per heavy atom. The Hall–Kier alpha value is -0.390. The highest BCUT2D eigenvalue weighted by molar-refractivity contribution is 9.10. The molecule has 0 aromatic heterocycles. The van der Waals surface area contributed by atoms with E-state index in [4.69, 9.17) is 4.18 Å². The lowest BCUT2D eigenvalue weighted by molar-refractivity contribution is 0.311. The Morgan fingerprint density at radius 2 is 2.07 bits per heavy atom. The molecule has 0 fully saturated rings. The normalized spacial score (nSPS) is 11.6. The molecule has 0 saturated heterocycles. The fraction of sp³-hybridized carbons (Fsp3) is 0.333. The van der Waals surface area contributed by atoms with Gasteiger partial charge >= 0.3 is 0 Å². The van der Waals surface area contributed by atoms with E-state index in [2.05, 4.69) is 15.9 Å². The quantitative estimate of drug-likeness (QED) is 0.797. The van der Waals surface area contributed by atoms with Crippen molar-refractivity contribution < 1.29 is 12.6 Å². The van der Waals surface area contributed by atoms with Crippen LogP contribution in [0.3, 0.4) is 0 Å². The van der Waals surface area contributed by atoms with Crippen LogP contribution in [-0.4, -0.2) is 14.7 Å². The highest BCUT2D eigenvalue weighted by Crippen LogP contribution is 2.21. The predicted molar refractivity (Wildman–Crippen MR) is 58.5 cm³/mol. The van der Waals surface area contributed by atoms with E-state index >= 15 is 0 Å². The summed E-state index contributed by atoms with van der Waals surface area (Å²) in [5, 5.41) is 0. The van der Waals surface area contributed by atoms with E-state index in [1.54, 1.807) is 0 Å². The third-order valence-electron chi connectivity index (χ3n) is 1.70. The maximum atomic E-state index is 10.8. The molecule has 0 aliphatic rings. The molecule has 0 aliphatic heterocycles. The highest BCUT2D eigenvalue weighted by atomic mass is 79.9. The van der Waals surface area contributed by atoms with Crippen LogP contribution in [0.15, 0.2) is 22.7 Å². The summed E-state index contributed by atoms with van der Waals surface area (Å²) in [5.41, 5.74) is 1.88. The summed E-state index contributed by atoms with van der Waals surface area (Å²) in [6, 6.07) is 5.62. The van der Waals surface area contributed by atoms with Crippen molar-refractivity contribution >= 4 is 26.0 Å². The predicted octanol–water partition coefficient (Wildman–Crippen LogP) is 2.23. The molecule has 0 unspecified atom stereocenters. The van der Waals surface area contributed by atoms with E-state index in [9.17, 15) is 8.42 Å². The monoisotopic (exact) mass is 278 g/mol. The van der Waals surface area contributed by atoms with Crippen LogP contribution in [-0.2, 0) is 20.9 Å². The fourth-order valence-corrected chi connectivity index (χ4v) is 1.71. The van der Waals surface area contributed by atoms with Crippen molar-refractivity contribution in [1.82, 2.24) is 0 Å². The first-order chi connectivity index (χ1) is 6.40. The van der Waals surface area contributed by atoms with Gasteiger partial charge in [-0.1, -0.05) is 34.1 Å². The van der Waals surface area contributed by atoms with Crippen LogP contribution >= 0.6 is 15.9 Å². The molecule has 5 heteroatoms. The van der Waals surface area contributed by atoms with Crippen molar-refractivity contribution in [3.8, 4) is 0 Å². The lowest BCUT2D eigenvalue weighted by Gasteiger charge is -2.06. The maximum Gasteiger partial charge on any atom is 0.264 e. The fourth-order valence-electron chi connectivity index (χ4n) is 0.990. The Morgan fingerprint density at radius 3 is 2.64 bits per heavy atom. The molecule has 0 radical (unpaired) electrons. The molecule has 0 aliphatic carbocycles. The van der Waals surface area contributed by atoms with E-state index < -0.39 is 10.1 Å². The van der Waals surface area contributed by atoms with Crippen LogP contribution in [0.4, 0.5) is 0 Å². The average molecular weight is 279 g/mol. The SMILES string of the molecule is Cc1cccc(COS(C)(=O)=O)c1Br. The van der Waals surface area contributed by atoms with Crippen LogP contribution in [0.5, 0.6) is 0 Å². The molecule has 3 nitrogen and oxygen atoms in total. The lowest BCUT2D eigenvalue weighted by atomic mass is 10.1. The number of rotatable bonds is 3. The minimum Gasteiger partial charge on any atom is -0.265 e. The molecule has 0 spiro atoms. The van der Waals surface area contributed by atoms with Gasteiger partial charge in [-0.15, -0.1) is 0 Å². The van der Waals surface area contributed by atoms with Crippen molar-refractivity contribution in [2.75, 3.05) is 6.26 Å². The van der Waals surface area contributed by atoms with Crippen molar-refractivity contribution in [2.45, 2.75) is 13.5 Å². The van der Waals surface area contributed by atoms with Crippen LogP contribution < -0.4 is 0 Å². The summed E-state index contributed by atoms with van der Waals surface area (Å²) >= 11 is 3.37. The summed E-state index contributed by atoms with van der Waals surface area (Å²) in [6.07, 6.45) is 1.04. The van der Waals surface area contributed by atoms with Gasteiger partial charge in [0.1, 0.15) is 0 Å². The average Bonchev–Trinajstić information content (AvgIpc) is 2.06. The summed E-state index contributed by atoms with van der Waals surface area (Å²) in [4.78, 5) is 0. The largest absolute Gasteiger partial charge is 0.265 e. The number of halogens is 1. The zero-order chi connectivity index (χ0) is 10.8. The van der Waals surface area contributed by atoms with Gasteiger partial charge in [0.05, 0.1) is 12.9 Å². The maximum absolute atomic E-state index is 10.8. The van der Waals surface area contributed by atoms with Crippen LogP contribution in [0.2, 0.25) is 0 Å². The van der Waals surface area contributed by atoms with Crippen molar-refractivity contribution in [1.29, 1.82) is 0 Å². The topological polar surface area (TPSA) is 43.4 Å². The summed E-state index contributed by atoms with van der Waals surface area (Å²) in [5.74, 6) is 0. The number of aryl methyl sites for hydroxylation is 1. The first kappa shape index (κ1) is 11.7. The minimum atomic E-state index is -3.37. The van der Waals surface area contributed by atoms with Gasteiger partial charge in [-0.2, -0.15) is 8.42 Å². The number of hydrogen-bond acceptors (Lipinski definition) is 3. The molecule has 0 amide bonds. The van der Waals surface area contributed by atoms with Crippen molar-refractivity contribution in [3.05, 3.63) is 33.8 Å². The Kier molecular flexibility index (Phi) is 3.69. The zero-order valence-electron chi connectivity index (χ0n) is 7.95. The molecule has 1 rings (SSSR count). The van der Waals surface area contributed by atoms with Gasteiger partial charge in [0, 0.05) is 4.47 Å². The third-order valence-corrected chi connectivity index (χ3v) is 3.38. The standard InChI is InChI=1S/C9H11BrO3S/c1-7-4-3-5-8(9(7)10)6-13-14(2,11)12/h3-5H,6H2,1-2H3. The van der Waals surface area contributed by atoms with Gasteiger partial charge in [0.2, 0.25) is 0 Å². The van der Waals surface area contributed by atoms with Crippen LogP contribution in [0.1, 0.15) is 11.1 Å². The Labute approximate surface area is 92.3 Å². The lowest BCUT2D eigenvalue weighted by Crippen LogP contribution is -2.03. The number of benzene rings is 1. The van der Waals surface area contributed by atoms with Crippen LogP contribution in [0.25, 0.3) is 0 Å². The van der Waals surface area contributed by atoms with Gasteiger partial charge in [-0.25, -0.2) is 0 Å². The van der Waals surface area contributed by atoms with Crippen molar-refractivity contribution in [3.63, 3.8) is 0 Å². The summed E-state index contributed by atoms with van der Waals surface area (Å²) in [7, 11) is -3.37. The van der Waals surface area contributed by atoms with E-state index in [-0.39, 0.29) is 6.61 Å². The molecule has 0 saturated carbocycles. The molecule has 1 aromatic carbocycles. The van der Waals surface area contributed by atoms with Crippen molar-refractivity contribution in [2.24, 2.45) is 0 Å². The van der Waals surface area contributed by atoms with Gasteiger partial charge in [0.25, 0.3) is 10.1 Å². The summed E-state index contributed by atoms with van der Waals surface area (Å²) in [6.45, 7) is 2.01. The first-order valence-electron chi connectivity index (χ1n) is 3.98. The molecule has 0 heterocycles. The molecule has 0 bridgehead atoms. The van der Waals surface area contributed by atoms with Gasteiger partial charge in [0.15, 0.2) is 0 Å². The molecular weight excluding hydrogens is 268 g/mol. The molecule has 0 atom stereocenters. The Balaban J connectivity index is 2.83. The van der Waals surface area contributed by atoms with E-state index in [1.165, 1.54) is 0 Å². The smallest absolute Gasteiger partial charge is 0.264 e. The molecule has 1 aromatic rings. The van der Waals surface area contributed by atoms with E-state index in [0.29, 0.717) is 0 Å². The second-order valence-electron chi connectivity index (χ2n) is 3.01. The highest BCUT2D eigenvalue weighted by Gasteiger charge is 2.06. The minimum absolute atomic E-state index is 0.0705. The zero-order valence-corrected chi connectivity index (χ0v) is 10.4. The van der Waals surface area contributed by atoms with Gasteiger partial charge < -0.3 is 0 Å². The summed E-state index contributed by atoms with van der Waals surface area (Å²) < 4.78 is 27.1. The third kappa shape index (κ3) is 3.40. The number of hydrogen-bond donors (Lipinski definition) is 0. The molecule has 14 heavy (non-hydrogen) atoms. The molecular formula is C9H11BrO3S. The molecule has 0 N–H and O–H groups in total. The first-order valence-corrected chi connectivity index (χ1v) is 6.59. The van der Waals surface area contributed by atoms with E-state index in [0.717, 1.165) is 21.9 Å². The second-order valence-corrected chi connectivity index (χ2v) is 5.45.